The minimum atomic E-state index is -0.977. The summed E-state index contributed by atoms with van der Waals surface area (Å²) in [4.78, 5) is 53.8. The minimum Gasteiger partial charge on any atom is -0.456 e. The first-order valence-electron chi connectivity index (χ1n) is 13.4. The zero-order valence-corrected chi connectivity index (χ0v) is 25.7. The van der Waals surface area contributed by atoms with Crippen LogP contribution in [0.15, 0.2) is 58.7 Å². The Morgan fingerprint density at radius 3 is 0.800 bits per heavy atom. The molecular formula is C32H42O8. The van der Waals surface area contributed by atoms with Gasteiger partial charge in [-0.2, -0.15) is 0 Å². The van der Waals surface area contributed by atoms with Crippen LogP contribution in [0.2, 0.25) is 0 Å². The van der Waals surface area contributed by atoms with Crippen molar-refractivity contribution in [3.63, 3.8) is 0 Å². The fraction of sp³-hybridized carbons (Fsp3) is 0.562. The Labute approximate surface area is 237 Å². The van der Waals surface area contributed by atoms with Gasteiger partial charge in [0.15, 0.2) is 0 Å². The van der Waals surface area contributed by atoms with Gasteiger partial charge in [-0.25, -0.2) is 19.2 Å². The van der Waals surface area contributed by atoms with E-state index in [0.717, 1.165) is 0 Å². The van der Waals surface area contributed by atoms with Gasteiger partial charge in [-0.15, -0.1) is 0 Å². The fourth-order valence-electron chi connectivity index (χ4n) is 4.75. The van der Waals surface area contributed by atoms with Crippen molar-refractivity contribution in [2.45, 2.75) is 105 Å². The number of carbonyl (C=O) groups is 4. The third kappa shape index (κ3) is 6.01. The number of carbonyl (C=O) groups excluding carboxylic acids is 4. The van der Waals surface area contributed by atoms with E-state index >= 15 is 0 Å². The van der Waals surface area contributed by atoms with Crippen molar-refractivity contribution in [2.24, 2.45) is 10.8 Å². The fourth-order valence-corrected chi connectivity index (χ4v) is 4.75. The van der Waals surface area contributed by atoms with Crippen LogP contribution in [0.25, 0.3) is 0 Å². The average Bonchev–Trinajstić information content (AvgIpc) is 2.65. The van der Waals surface area contributed by atoms with Crippen LogP contribution in [0.5, 0.6) is 0 Å². The lowest BCUT2D eigenvalue weighted by atomic mass is 9.40. The maximum absolute atomic E-state index is 13.5. The molecule has 0 saturated heterocycles. The van der Waals surface area contributed by atoms with E-state index in [1.165, 1.54) is 0 Å². The molecule has 0 N–H and O–H groups in total. The summed E-state index contributed by atoms with van der Waals surface area (Å²) in [5.41, 5.74) is -5.18. The lowest BCUT2D eigenvalue weighted by Gasteiger charge is -2.61. The molecule has 3 rings (SSSR count). The van der Waals surface area contributed by atoms with Crippen molar-refractivity contribution < 1.29 is 38.1 Å². The number of esters is 4. The molecule has 0 bridgehead atoms. The maximum Gasteiger partial charge on any atom is 0.346 e. The summed E-state index contributed by atoms with van der Waals surface area (Å²) in [7, 11) is 0. The first-order valence-corrected chi connectivity index (χ1v) is 13.4. The third-order valence-corrected chi connectivity index (χ3v) is 6.16. The molecule has 8 nitrogen and oxygen atoms in total. The van der Waals surface area contributed by atoms with E-state index in [2.05, 4.69) is 0 Å². The molecule has 40 heavy (non-hydrogen) atoms. The zero-order valence-electron chi connectivity index (χ0n) is 25.7. The van der Waals surface area contributed by atoms with E-state index in [1.807, 2.05) is 24.3 Å². The summed E-state index contributed by atoms with van der Waals surface area (Å²) in [5.74, 6) is -3.29. The number of ether oxygens (including phenoxy) is 4. The average molecular weight is 555 g/mol. The van der Waals surface area contributed by atoms with Crippen LogP contribution in [0.1, 0.15) is 83.1 Å². The molecule has 0 aliphatic heterocycles. The first kappa shape index (κ1) is 31.1. The van der Waals surface area contributed by atoms with Gasteiger partial charge in [0.25, 0.3) is 0 Å². The van der Waals surface area contributed by atoms with Gasteiger partial charge >= 0.3 is 23.9 Å². The van der Waals surface area contributed by atoms with Gasteiger partial charge in [-0.3, -0.25) is 0 Å². The predicted molar refractivity (Wildman–Crippen MR) is 150 cm³/mol. The molecule has 8 heteroatoms. The van der Waals surface area contributed by atoms with Gasteiger partial charge < -0.3 is 18.9 Å². The first-order chi connectivity index (χ1) is 17.9. The second-order valence-electron chi connectivity index (χ2n) is 14.3. The van der Waals surface area contributed by atoms with E-state index in [0.29, 0.717) is 11.1 Å². The smallest absolute Gasteiger partial charge is 0.346 e. The lowest BCUT2D eigenvalue weighted by molar-refractivity contribution is -0.161. The second-order valence-corrected chi connectivity index (χ2v) is 14.3. The molecule has 0 fully saturated rings. The molecule has 0 atom stereocenters. The SMILES string of the molecule is CC(C)(C)OC(=O)C(C(=O)OC(C)(C)C)=C1C=CC(=C(C(=O)OC(C)(C)C)C(=O)OC(C)(C)C)C23C=CC12C=C3. The Kier molecular flexibility index (Phi) is 7.47. The highest BCUT2D eigenvalue weighted by atomic mass is 16.6. The van der Waals surface area contributed by atoms with Crippen LogP contribution in [0, 0.1) is 10.8 Å². The normalized spacial score (nSPS) is 23.2. The molecule has 0 aromatic heterocycles. The molecule has 0 aromatic rings. The molecule has 0 heterocycles. The highest BCUT2D eigenvalue weighted by Gasteiger charge is 2.64. The molecule has 0 spiro atoms. The molecule has 0 aromatic carbocycles. The topological polar surface area (TPSA) is 105 Å². The van der Waals surface area contributed by atoms with Gasteiger partial charge in [-0.05, 0) is 94.2 Å². The van der Waals surface area contributed by atoms with Crippen LogP contribution in [-0.4, -0.2) is 46.3 Å². The van der Waals surface area contributed by atoms with E-state index < -0.39 is 57.1 Å². The van der Waals surface area contributed by atoms with E-state index in [9.17, 15) is 19.2 Å². The molecular weight excluding hydrogens is 512 g/mol. The molecule has 0 saturated carbocycles. The van der Waals surface area contributed by atoms with Gasteiger partial charge in [0, 0.05) is 10.8 Å². The maximum atomic E-state index is 13.5. The molecule has 0 radical (unpaired) electrons. The highest BCUT2D eigenvalue weighted by Crippen LogP contribution is 2.70. The van der Waals surface area contributed by atoms with Crippen molar-refractivity contribution >= 4 is 23.9 Å². The van der Waals surface area contributed by atoms with E-state index in [1.54, 1.807) is 95.2 Å². The summed E-state index contributed by atoms with van der Waals surface area (Å²) in [6.07, 6.45) is 10.5. The van der Waals surface area contributed by atoms with Crippen molar-refractivity contribution in [1.82, 2.24) is 0 Å². The van der Waals surface area contributed by atoms with Crippen LogP contribution in [0.4, 0.5) is 0 Å². The summed E-state index contributed by atoms with van der Waals surface area (Å²) in [6, 6.07) is 0. The zero-order chi connectivity index (χ0) is 30.7. The summed E-state index contributed by atoms with van der Waals surface area (Å²) in [5, 5.41) is 0. The lowest BCUT2D eigenvalue weighted by Crippen LogP contribution is -2.55. The molecule has 3 aliphatic carbocycles. The standard InChI is InChI=1S/C32H42O8/c1-27(2,3)37-23(33)21(24(34)38-28(4,5)6)19-13-14-20(32-17-15-31(19,32)16-18-32)22(25(35)39-29(7,8)9)26(36)40-30(10,11)12/h13-18H,1-12H3. The monoisotopic (exact) mass is 554 g/mol. The van der Waals surface area contributed by atoms with Gasteiger partial charge in [-0.1, -0.05) is 36.5 Å². The number of allylic oxidation sites excluding steroid dienone is 8. The van der Waals surface area contributed by atoms with Crippen molar-refractivity contribution in [3.8, 4) is 0 Å². The Balaban J connectivity index is 2.30. The largest absolute Gasteiger partial charge is 0.456 e. The van der Waals surface area contributed by atoms with Gasteiger partial charge in [0.05, 0.1) is 0 Å². The number of hydrogen-bond donors (Lipinski definition) is 0. The quantitative estimate of drug-likeness (QED) is 0.110. The van der Waals surface area contributed by atoms with E-state index in [4.69, 9.17) is 18.9 Å². The van der Waals surface area contributed by atoms with Crippen LogP contribution < -0.4 is 0 Å². The van der Waals surface area contributed by atoms with Crippen LogP contribution >= 0.6 is 0 Å². The molecule has 218 valence electrons. The molecule has 3 aliphatic rings. The number of hydrogen-bond acceptors (Lipinski definition) is 8. The van der Waals surface area contributed by atoms with Gasteiger partial charge in [0.2, 0.25) is 0 Å². The predicted octanol–water partition coefficient (Wildman–Crippen LogP) is 5.63. The molecule has 0 unspecified atom stereocenters. The minimum absolute atomic E-state index is 0.241. The van der Waals surface area contributed by atoms with Crippen molar-refractivity contribution in [1.29, 1.82) is 0 Å². The summed E-state index contributed by atoms with van der Waals surface area (Å²) >= 11 is 0. The van der Waals surface area contributed by atoms with Crippen LogP contribution in [0.3, 0.4) is 0 Å². The van der Waals surface area contributed by atoms with Crippen LogP contribution in [-0.2, 0) is 38.1 Å². The Morgan fingerprint density at radius 2 is 0.650 bits per heavy atom. The van der Waals surface area contributed by atoms with Crippen molar-refractivity contribution in [2.75, 3.05) is 0 Å². The van der Waals surface area contributed by atoms with Crippen molar-refractivity contribution in [3.05, 3.63) is 58.7 Å². The van der Waals surface area contributed by atoms with Gasteiger partial charge in [0.1, 0.15) is 33.6 Å². The highest BCUT2D eigenvalue weighted by molar-refractivity contribution is 6.17. The Morgan fingerprint density at radius 1 is 0.450 bits per heavy atom. The van der Waals surface area contributed by atoms with E-state index in [-0.39, 0.29) is 11.1 Å². The second kappa shape index (κ2) is 9.60. The Hall–Kier alpha value is -3.42. The third-order valence-electron chi connectivity index (χ3n) is 6.16. The Bertz CT molecular complexity index is 1120. The summed E-state index contributed by atoms with van der Waals surface area (Å²) < 4.78 is 22.5. The molecule has 0 amide bonds. The summed E-state index contributed by atoms with van der Waals surface area (Å²) in [6.45, 7) is 20.5. The number of rotatable bonds is 4.